The molecule has 0 saturated carbocycles. The second-order valence-corrected chi connectivity index (χ2v) is 7.31. The van der Waals surface area contributed by atoms with Gasteiger partial charge in [0.15, 0.2) is 0 Å². The first kappa shape index (κ1) is 17.5. The molecule has 2 heterocycles. The van der Waals surface area contributed by atoms with Crippen molar-refractivity contribution in [2.75, 3.05) is 43.9 Å². The molecule has 1 aliphatic rings. The number of fused-ring (bicyclic) bond motifs is 1. The molecule has 0 amide bonds. The number of hydrogen-bond donors (Lipinski definition) is 1. The topological polar surface area (TPSA) is 67.4 Å². The highest BCUT2D eigenvalue weighted by Gasteiger charge is 2.15. The van der Waals surface area contributed by atoms with Crippen LogP contribution in [-0.4, -0.2) is 47.7 Å². The van der Waals surface area contributed by atoms with Gasteiger partial charge in [-0.15, -0.1) is 0 Å². The van der Waals surface area contributed by atoms with Crippen LogP contribution in [0.3, 0.4) is 0 Å². The lowest BCUT2D eigenvalue weighted by Crippen LogP contribution is -2.29. The minimum absolute atomic E-state index is 0.0671. The van der Waals surface area contributed by atoms with Gasteiger partial charge in [0.1, 0.15) is 6.33 Å². The summed E-state index contributed by atoms with van der Waals surface area (Å²) in [5.74, 6) is 0. The maximum absolute atomic E-state index is 13.2. The van der Waals surface area contributed by atoms with E-state index in [1.807, 2.05) is 37.3 Å². The van der Waals surface area contributed by atoms with Gasteiger partial charge in [-0.2, -0.15) is 0 Å². The van der Waals surface area contributed by atoms with Crippen LogP contribution < -0.4 is 16.2 Å². The van der Waals surface area contributed by atoms with Crippen molar-refractivity contribution in [2.45, 2.75) is 13.3 Å². The van der Waals surface area contributed by atoms with Crippen molar-refractivity contribution in [1.82, 2.24) is 14.5 Å². The first-order valence-electron chi connectivity index (χ1n) is 9.34. The number of rotatable bonds is 2. The van der Waals surface area contributed by atoms with E-state index in [2.05, 4.69) is 27.9 Å². The molecule has 0 radical (unpaired) electrons. The molecule has 1 fully saturated rings. The van der Waals surface area contributed by atoms with Gasteiger partial charge in [-0.1, -0.05) is 6.07 Å². The quantitative estimate of drug-likeness (QED) is 0.708. The van der Waals surface area contributed by atoms with E-state index in [1.54, 1.807) is 10.9 Å². The summed E-state index contributed by atoms with van der Waals surface area (Å²) in [6, 6.07) is 11.6. The molecule has 6 nitrogen and oxygen atoms in total. The van der Waals surface area contributed by atoms with E-state index in [0.29, 0.717) is 16.6 Å². The monoisotopic (exact) mass is 363 g/mol. The van der Waals surface area contributed by atoms with E-state index in [-0.39, 0.29) is 5.56 Å². The van der Waals surface area contributed by atoms with Gasteiger partial charge >= 0.3 is 0 Å². The Bertz CT molecular complexity index is 1040. The molecule has 6 heteroatoms. The Kier molecular flexibility index (Phi) is 4.58. The van der Waals surface area contributed by atoms with E-state index < -0.39 is 0 Å². The number of aryl methyl sites for hydroxylation is 1. The van der Waals surface area contributed by atoms with Gasteiger partial charge in [0.2, 0.25) is 0 Å². The van der Waals surface area contributed by atoms with Crippen molar-refractivity contribution in [3.05, 3.63) is 58.6 Å². The SMILES string of the molecule is Cc1ccc(N)cc1-n1cnc2ccc(N3CCCN(C)CC3)cc2c1=O. The standard InChI is InChI=1S/C21H25N5O/c1-15-4-5-16(22)12-20(15)26-14-23-19-7-6-17(13-18(19)21(26)27)25-9-3-8-24(2)10-11-25/h4-7,12-14H,3,8-11,22H2,1-2H3. The van der Waals surface area contributed by atoms with Gasteiger partial charge in [-0.05, 0) is 62.8 Å². The highest BCUT2D eigenvalue weighted by molar-refractivity contribution is 5.82. The Balaban J connectivity index is 1.80. The van der Waals surface area contributed by atoms with Crippen LogP contribution in [-0.2, 0) is 0 Å². The van der Waals surface area contributed by atoms with E-state index >= 15 is 0 Å². The van der Waals surface area contributed by atoms with Crippen molar-refractivity contribution >= 4 is 22.3 Å². The Labute approximate surface area is 158 Å². The number of hydrogen-bond acceptors (Lipinski definition) is 5. The largest absolute Gasteiger partial charge is 0.399 e. The van der Waals surface area contributed by atoms with Gasteiger partial charge in [-0.25, -0.2) is 4.98 Å². The van der Waals surface area contributed by atoms with Crippen LogP contribution in [0.1, 0.15) is 12.0 Å². The van der Waals surface area contributed by atoms with Gasteiger partial charge in [0, 0.05) is 31.0 Å². The van der Waals surface area contributed by atoms with Crippen LogP contribution in [0.4, 0.5) is 11.4 Å². The Morgan fingerprint density at radius 2 is 1.89 bits per heavy atom. The van der Waals surface area contributed by atoms with Crippen molar-refractivity contribution in [1.29, 1.82) is 0 Å². The fourth-order valence-corrected chi connectivity index (χ4v) is 3.67. The van der Waals surface area contributed by atoms with Crippen molar-refractivity contribution in [3.63, 3.8) is 0 Å². The zero-order chi connectivity index (χ0) is 19.0. The molecule has 0 bridgehead atoms. The molecule has 0 aliphatic carbocycles. The predicted molar refractivity (Wildman–Crippen MR) is 111 cm³/mol. The van der Waals surface area contributed by atoms with E-state index in [4.69, 9.17) is 5.73 Å². The van der Waals surface area contributed by atoms with Crippen molar-refractivity contribution < 1.29 is 0 Å². The molecule has 1 aliphatic heterocycles. The number of aromatic nitrogens is 2. The molecule has 2 N–H and O–H groups in total. The molecule has 1 aromatic heterocycles. The second-order valence-electron chi connectivity index (χ2n) is 7.31. The molecule has 0 unspecified atom stereocenters. The highest BCUT2D eigenvalue weighted by atomic mass is 16.1. The summed E-state index contributed by atoms with van der Waals surface area (Å²) in [7, 11) is 2.15. The Hall–Kier alpha value is -2.86. The summed E-state index contributed by atoms with van der Waals surface area (Å²) in [5.41, 5.74) is 10.0. The molecule has 2 aromatic carbocycles. The van der Waals surface area contributed by atoms with Crippen LogP contribution >= 0.6 is 0 Å². The van der Waals surface area contributed by atoms with E-state index in [0.717, 1.165) is 49.5 Å². The third kappa shape index (κ3) is 3.40. The van der Waals surface area contributed by atoms with Crippen molar-refractivity contribution in [2.24, 2.45) is 0 Å². The number of nitrogens with zero attached hydrogens (tertiary/aromatic N) is 4. The number of benzene rings is 2. The lowest BCUT2D eigenvalue weighted by Gasteiger charge is -2.23. The summed E-state index contributed by atoms with van der Waals surface area (Å²) in [5, 5.41) is 0.634. The maximum atomic E-state index is 13.2. The third-order valence-electron chi connectivity index (χ3n) is 5.32. The number of likely N-dealkylation sites (N-methyl/N-ethyl adjacent to an activating group) is 1. The fraction of sp³-hybridized carbons (Fsp3) is 0.333. The summed E-state index contributed by atoms with van der Waals surface area (Å²) < 4.78 is 1.59. The molecule has 0 spiro atoms. The van der Waals surface area contributed by atoms with Crippen LogP contribution in [0.5, 0.6) is 0 Å². The molecular weight excluding hydrogens is 338 g/mol. The average Bonchev–Trinajstić information content (AvgIpc) is 2.89. The lowest BCUT2D eigenvalue weighted by atomic mass is 10.1. The normalized spacial score (nSPS) is 15.9. The van der Waals surface area contributed by atoms with Gasteiger partial charge in [-0.3, -0.25) is 9.36 Å². The third-order valence-corrected chi connectivity index (χ3v) is 5.32. The minimum Gasteiger partial charge on any atom is -0.399 e. The molecule has 140 valence electrons. The van der Waals surface area contributed by atoms with Crippen molar-refractivity contribution in [3.8, 4) is 5.69 Å². The molecular formula is C21H25N5O. The first-order chi connectivity index (χ1) is 13.0. The van der Waals surface area contributed by atoms with E-state index in [9.17, 15) is 4.79 Å². The number of nitrogen functional groups attached to an aromatic ring is 1. The zero-order valence-electron chi connectivity index (χ0n) is 15.9. The predicted octanol–water partition coefficient (Wildman–Crippen LogP) is 2.42. The van der Waals surface area contributed by atoms with Gasteiger partial charge in [0.05, 0.1) is 16.6 Å². The second kappa shape index (κ2) is 7.04. The summed E-state index contributed by atoms with van der Waals surface area (Å²) >= 11 is 0. The molecule has 0 atom stereocenters. The maximum Gasteiger partial charge on any atom is 0.265 e. The number of anilines is 2. The minimum atomic E-state index is -0.0671. The summed E-state index contributed by atoms with van der Waals surface area (Å²) in [6.45, 7) is 6.06. The van der Waals surface area contributed by atoms with Crippen LogP contribution in [0.15, 0.2) is 47.5 Å². The van der Waals surface area contributed by atoms with Crippen LogP contribution in [0.2, 0.25) is 0 Å². The molecule has 1 saturated heterocycles. The van der Waals surface area contributed by atoms with Gasteiger partial charge < -0.3 is 15.5 Å². The number of nitrogens with two attached hydrogens (primary N) is 1. The Morgan fingerprint density at radius 3 is 2.74 bits per heavy atom. The zero-order valence-corrected chi connectivity index (χ0v) is 15.9. The Morgan fingerprint density at radius 1 is 1.04 bits per heavy atom. The van der Waals surface area contributed by atoms with E-state index in [1.165, 1.54) is 0 Å². The average molecular weight is 363 g/mol. The van der Waals surface area contributed by atoms with Gasteiger partial charge in [0.25, 0.3) is 5.56 Å². The molecule has 4 rings (SSSR count). The molecule has 3 aromatic rings. The van der Waals surface area contributed by atoms with Crippen LogP contribution in [0, 0.1) is 6.92 Å². The van der Waals surface area contributed by atoms with Crippen LogP contribution in [0.25, 0.3) is 16.6 Å². The fourth-order valence-electron chi connectivity index (χ4n) is 3.67. The summed E-state index contributed by atoms with van der Waals surface area (Å²) in [6.07, 6.45) is 2.71. The highest BCUT2D eigenvalue weighted by Crippen LogP contribution is 2.22. The lowest BCUT2D eigenvalue weighted by molar-refractivity contribution is 0.360. The summed E-state index contributed by atoms with van der Waals surface area (Å²) in [4.78, 5) is 22.4. The first-order valence-corrected chi connectivity index (χ1v) is 9.34. The molecule has 27 heavy (non-hydrogen) atoms. The smallest absolute Gasteiger partial charge is 0.265 e.